The van der Waals surface area contributed by atoms with Gasteiger partial charge in [0.25, 0.3) is 0 Å². The van der Waals surface area contributed by atoms with E-state index in [4.69, 9.17) is 28.5 Å². The summed E-state index contributed by atoms with van der Waals surface area (Å²) in [6, 6.07) is 13.0. The number of carbonyl (C=O) groups is 1. The Morgan fingerprint density at radius 3 is 2.40 bits per heavy atom. The lowest BCUT2D eigenvalue weighted by molar-refractivity contribution is 0.262. The normalized spacial score (nSPS) is 9.65. The Morgan fingerprint density at radius 1 is 1.05 bits per heavy atom. The minimum absolute atomic E-state index is 0.282. The number of nitriles is 1. The highest BCUT2D eigenvalue weighted by Crippen LogP contribution is 2.29. The number of hydrogen-bond donors (Lipinski definition) is 2. The van der Waals surface area contributed by atoms with Crippen LogP contribution in [0.2, 0.25) is 10.0 Å². The van der Waals surface area contributed by atoms with Crippen LogP contribution in [0.1, 0.15) is 5.56 Å². The summed E-state index contributed by atoms with van der Waals surface area (Å²) < 4.78 is 0. The van der Waals surface area contributed by atoms with Gasteiger partial charge in [-0.25, -0.2) is 4.79 Å². The number of amides is 2. The number of halogens is 2. The van der Waals surface area contributed by atoms with Crippen molar-refractivity contribution in [2.45, 2.75) is 0 Å². The van der Waals surface area contributed by atoms with Gasteiger partial charge in [-0.1, -0.05) is 29.3 Å². The van der Waals surface area contributed by atoms with Gasteiger partial charge in [-0.2, -0.15) is 5.26 Å². The lowest BCUT2D eigenvalue weighted by atomic mass is 10.2. The van der Waals surface area contributed by atoms with E-state index in [2.05, 4.69) is 10.6 Å². The molecule has 0 aliphatic rings. The highest BCUT2D eigenvalue weighted by molar-refractivity contribution is 6.44. The Kier molecular flexibility index (Phi) is 4.46. The van der Waals surface area contributed by atoms with Gasteiger partial charge in [-0.05, 0) is 36.4 Å². The molecule has 0 saturated carbocycles. The number of benzene rings is 2. The highest BCUT2D eigenvalue weighted by atomic mass is 35.5. The van der Waals surface area contributed by atoms with Crippen molar-refractivity contribution < 1.29 is 4.79 Å². The summed E-state index contributed by atoms with van der Waals surface area (Å²) in [6.07, 6.45) is 0. The predicted octanol–water partition coefficient (Wildman–Crippen LogP) is 4.51. The molecule has 6 heteroatoms. The van der Waals surface area contributed by atoms with Crippen LogP contribution >= 0.6 is 23.2 Å². The van der Waals surface area contributed by atoms with E-state index in [1.54, 1.807) is 42.5 Å². The Hall–Kier alpha value is -2.22. The van der Waals surface area contributed by atoms with E-state index in [1.165, 1.54) is 0 Å². The molecular weight excluding hydrogens is 297 g/mol. The van der Waals surface area contributed by atoms with Crippen LogP contribution < -0.4 is 10.6 Å². The molecule has 0 aliphatic heterocycles. The Morgan fingerprint density at radius 2 is 1.75 bits per heavy atom. The Labute approximate surface area is 125 Å². The van der Waals surface area contributed by atoms with Gasteiger partial charge in [0.2, 0.25) is 0 Å². The van der Waals surface area contributed by atoms with E-state index >= 15 is 0 Å². The molecule has 20 heavy (non-hydrogen) atoms. The van der Waals surface area contributed by atoms with Gasteiger partial charge in [-0.3, -0.25) is 0 Å². The first-order chi connectivity index (χ1) is 9.60. The number of rotatable bonds is 2. The third-order valence-electron chi connectivity index (χ3n) is 2.47. The first-order valence-electron chi connectivity index (χ1n) is 5.62. The second-order valence-corrected chi connectivity index (χ2v) is 4.65. The topological polar surface area (TPSA) is 64.9 Å². The average Bonchev–Trinajstić information content (AvgIpc) is 2.45. The van der Waals surface area contributed by atoms with Gasteiger partial charge >= 0.3 is 6.03 Å². The van der Waals surface area contributed by atoms with Crippen LogP contribution in [0.5, 0.6) is 0 Å². The minimum atomic E-state index is -0.445. The van der Waals surface area contributed by atoms with Crippen molar-refractivity contribution in [1.29, 1.82) is 5.26 Å². The molecule has 2 N–H and O–H groups in total. The molecule has 2 aromatic carbocycles. The quantitative estimate of drug-likeness (QED) is 0.857. The third kappa shape index (κ3) is 3.41. The van der Waals surface area contributed by atoms with Gasteiger partial charge in [-0.15, -0.1) is 0 Å². The lowest BCUT2D eigenvalue weighted by Crippen LogP contribution is -2.19. The molecule has 0 fully saturated rings. The summed E-state index contributed by atoms with van der Waals surface area (Å²) in [5.41, 5.74) is 1.51. The van der Waals surface area contributed by atoms with Gasteiger partial charge in [0.15, 0.2) is 0 Å². The summed E-state index contributed by atoms with van der Waals surface area (Å²) in [5, 5.41) is 14.6. The van der Waals surface area contributed by atoms with Crippen LogP contribution in [0, 0.1) is 11.3 Å². The molecule has 0 aliphatic carbocycles. The SMILES string of the molecule is N#Cc1ccc(NC(=O)Nc2cccc(Cl)c2Cl)cc1. The smallest absolute Gasteiger partial charge is 0.308 e. The fraction of sp³-hybridized carbons (Fsp3) is 0. The maximum absolute atomic E-state index is 11.8. The summed E-state index contributed by atoms with van der Waals surface area (Å²) in [6.45, 7) is 0. The van der Waals surface area contributed by atoms with Crippen molar-refractivity contribution in [2.75, 3.05) is 10.6 Å². The molecule has 0 unspecified atom stereocenters. The number of nitrogens with zero attached hydrogens (tertiary/aromatic N) is 1. The number of carbonyl (C=O) groups excluding carboxylic acids is 1. The summed E-state index contributed by atoms with van der Waals surface area (Å²) in [7, 11) is 0. The van der Waals surface area contributed by atoms with Crippen LogP contribution in [0.4, 0.5) is 16.2 Å². The molecule has 100 valence electrons. The Bertz CT molecular complexity index is 678. The number of nitrogens with one attached hydrogen (secondary N) is 2. The van der Waals surface area contributed by atoms with Gasteiger partial charge in [0.05, 0.1) is 27.4 Å². The highest BCUT2D eigenvalue weighted by Gasteiger charge is 2.08. The summed E-state index contributed by atoms with van der Waals surface area (Å²) in [5.74, 6) is 0. The fourth-order valence-electron chi connectivity index (χ4n) is 1.51. The zero-order valence-corrected chi connectivity index (χ0v) is 11.7. The first-order valence-corrected chi connectivity index (χ1v) is 6.38. The average molecular weight is 306 g/mol. The van der Waals surface area contributed by atoms with Crippen molar-refractivity contribution in [3.8, 4) is 6.07 Å². The van der Waals surface area contributed by atoms with E-state index in [0.29, 0.717) is 22.0 Å². The molecule has 2 aromatic rings. The van der Waals surface area contributed by atoms with Crippen LogP contribution in [-0.2, 0) is 0 Å². The van der Waals surface area contributed by atoms with E-state index in [-0.39, 0.29) is 5.02 Å². The van der Waals surface area contributed by atoms with E-state index in [0.717, 1.165) is 0 Å². The summed E-state index contributed by atoms with van der Waals surface area (Å²) in [4.78, 5) is 11.8. The Balaban J connectivity index is 2.05. The molecule has 0 atom stereocenters. The molecule has 2 rings (SSSR count). The molecular formula is C14H9Cl2N3O. The minimum Gasteiger partial charge on any atom is -0.308 e. The van der Waals surface area contributed by atoms with Crippen molar-refractivity contribution >= 4 is 40.6 Å². The number of urea groups is 1. The van der Waals surface area contributed by atoms with Crippen molar-refractivity contribution in [3.05, 3.63) is 58.1 Å². The molecule has 0 saturated heterocycles. The molecule has 0 bridgehead atoms. The maximum atomic E-state index is 11.8. The zero-order chi connectivity index (χ0) is 14.5. The van der Waals surface area contributed by atoms with E-state index in [1.807, 2.05) is 6.07 Å². The largest absolute Gasteiger partial charge is 0.323 e. The fourth-order valence-corrected chi connectivity index (χ4v) is 1.86. The monoisotopic (exact) mass is 305 g/mol. The second-order valence-electron chi connectivity index (χ2n) is 3.87. The van der Waals surface area contributed by atoms with Gasteiger partial charge in [0.1, 0.15) is 0 Å². The zero-order valence-electron chi connectivity index (χ0n) is 10.2. The van der Waals surface area contributed by atoms with E-state index < -0.39 is 6.03 Å². The summed E-state index contributed by atoms with van der Waals surface area (Å²) >= 11 is 11.8. The number of anilines is 2. The molecule has 0 aromatic heterocycles. The molecule has 0 heterocycles. The first kappa shape index (κ1) is 14.2. The molecule has 0 radical (unpaired) electrons. The van der Waals surface area contributed by atoms with Crippen molar-refractivity contribution in [3.63, 3.8) is 0 Å². The number of hydrogen-bond acceptors (Lipinski definition) is 2. The van der Waals surface area contributed by atoms with Crippen LogP contribution in [-0.4, -0.2) is 6.03 Å². The van der Waals surface area contributed by atoms with E-state index in [9.17, 15) is 4.79 Å². The standard InChI is InChI=1S/C14H9Cl2N3O/c15-11-2-1-3-12(13(11)16)19-14(20)18-10-6-4-9(8-17)5-7-10/h1-7H,(H2,18,19,20). The van der Waals surface area contributed by atoms with Gasteiger partial charge < -0.3 is 10.6 Å². The molecule has 4 nitrogen and oxygen atoms in total. The second kappa shape index (κ2) is 6.29. The lowest BCUT2D eigenvalue weighted by Gasteiger charge is -2.09. The molecule has 2 amide bonds. The van der Waals surface area contributed by atoms with Crippen molar-refractivity contribution in [1.82, 2.24) is 0 Å². The van der Waals surface area contributed by atoms with Crippen molar-refractivity contribution in [2.24, 2.45) is 0 Å². The van der Waals surface area contributed by atoms with Gasteiger partial charge in [0, 0.05) is 5.69 Å². The molecule has 0 spiro atoms. The maximum Gasteiger partial charge on any atom is 0.323 e. The predicted molar refractivity (Wildman–Crippen MR) is 80.3 cm³/mol. The van der Waals surface area contributed by atoms with Crippen LogP contribution in [0.15, 0.2) is 42.5 Å². The van der Waals surface area contributed by atoms with Crippen LogP contribution in [0.3, 0.4) is 0 Å². The van der Waals surface area contributed by atoms with Crippen LogP contribution in [0.25, 0.3) is 0 Å². The third-order valence-corrected chi connectivity index (χ3v) is 3.29.